The van der Waals surface area contributed by atoms with Crippen LogP contribution >= 0.6 is 0 Å². The minimum absolute atomic E-state index is 0.0809. The van der Waals surface area contributed by atoms with Crippen molar-refractivity contribution in [1.29, 1.82) is 0 Å². The van der Waals surface area contributed by atoms with Crippen molar-refractivity contribution in [2.24, 2.45) is 7.05 Å². The molecule has 2 N–H and O–H groups in total. The monoisotopic (exact) mass is 515 g/mol. The fraction of sp³-hybridized carbons (Fsp3) is 0.476. The van der Waals surface area contributed by atoms with Gasteiger partial charge in [-0.05, 0) is 37.8 Å². The number of carbonyl (C=O) groups excluding carboxylic acids is 1. The third kappa shape index (κ3) is 5.78. The third-order valence-electron chi connectivity index (χ3n) is 5.78. The molecule has 10 nitrogen and oxygen atoms in total. The Hall–Kier alpha value is -3.62. The summed E-state index contributed by atoms with van der Waals surface area (Å²) in [6, 6.07) is 1.77. The van der Waals surface area contributed by atoms with Crippen molar-refractivity contribution in [1.82, 2.24) is 29.6 Å². The topological polar surface area (TPSA) is 116 Å². The Balaban J connectivity index is 1.43. The molecule has 0 spiro atoms. The van der Waals surface area contributed by atoms with Gasteiger partial charge in [0.25, 0.3) is 5.56 Å². The van der Waals surface area contributed by atoms with Crippen LogP contribution in [0.15, 0.2) is 29.5 Å². The zero-order valence-corrected chi connectivity index (χ0v) is 18.9. The van der Waals surface area contributed by atoms with Crippen LogP contribution in [0.4, 0.5) is 33.5 Å². The molecule has 0 bridgehead atoms. The molecule has 3 aromatic heterocycles. The summed E-state index contributed by atoms with van der Waals surface area (Å²) in [5.41, 5.74) is -1.14. The van der Waals surface area contributed by atoms with Crippen molar-refractivity contribution >= 4 is 28.4 Å². The number of amides is 1. The number of alkyl halides is 5. The molecule has 1 saturated carbocycles. The fourth-order valence-corrected chi connectivity index (χ4v) is 4.08. The number of nitrogens with zero attached hydrogens (tertiary/aromatic N) is 5. The average Bonchev–Trinajstić information content (AvgIpc) is 3.12. The van der Waals surface area contributed by atoms with Gasteiger partial charge in [-0.15, -0.1) is 0 Å². The van der Waals surface area contributed by atoms with Gasteiger partial charge in [0.15, 0.2) is 11.3 Å². The summed E-state index contributed by atoms with van der Waals surface area (Å²) in [6.45, 7) is -3.14. The second kappa shape index (κ2) is 10.2. The van der Waals surface area contributed by atoms with E-state index >= 15 is 0 Å². The van der Waals surface area contributed by atoms with E-state index in [0.717, 1.165) is 16.8 Å². The number of rotatable bonds is 7. The zero-order chi connectivity index (χ0) is 26.0. The van der Waals surface area contributed by atoms with Crippen LogP contribution < -0.4 is 16.2 Å². The molecule has 1 aliphatic carbocycles. The summed E-state index contributed by atoms with van der Waals surface area (Å²) < 4.78 is 69.7. The molecule has 3 heterocycles. The fourth-order valence-electron chi connectivity index (χ4n) is 4.08. The largest absolute Gasteiger partial charge is 0.433 e. The zero-order valence-electron chi connectivity index (χ0n) is 18.9. The summed E-state index contributed by atoms with van der Waals surface area (Å²) >= 11 is 0. The summed E-state index contributed by atoms with van der Waals surface area (Å²) in [4.78, 5) is 33.0. The highest BCUT2D eigenvalue weighted by molar-refractivity contribution is 5.87. The first-order chi connectivity index (χ1) is 17.0. The number of hydrogen-bond acceptors (Lipinski definition) is 7. The highest BCUT2D eigenvalue weighted by atomic mass is 19.4. The van der Waals surface area contributed by atoms with E-state index in [1.807, 2.05) is 0 Å². The number of aryl methyl sites for hydroxylation is 1. The first kappa shape index (κ1) is 25.5. The molecule has 4 rings (SSSR count). The van der Waals surface area contributed by atoms with Crippen molar-refractivity contribution in [3.05, 3.63) is 40.7 Å². The van der Waals surface area contributed by atoms with E-state index in [0.29, 0.717) is 25.7 Å². The summed E-state index contributed by atoms with van der Waals surface area (Å²) in [6.07, 6.45) is -1.22. The molecule has 194 valence electrons. The Morgan fingerprint density at radius 1 is 1.19 bits per heavy atom. The summed E-state index contributed by atoms with van der Waals surface area (Å²) in [5.74, 6) is -0.307. The van der Waals surface area contributed by atoms with E-state index in [2.05, 4.69) is 30.4 Å². The van der Waals surface area contributed by atoms with Crippen LogP contribution in [0, 0.1) is 0 Å². The van der Waals surface area contributed by atoms with Gasteiger partial charge in [0.1, 0.15) is 17.8 Å². The molecule has 0 unspecified atom stereocenters. The van der Waals surface area contributed by atoms with Crippen LogP contribution in [0.3, 0.4) is 0 Å². The van der Waals surface area contributed by atoms with Crippen LogP contribution in [0.2, 0.25) is 0 Å². The minimum Gasteiger partial charge on any atom is -0.352 e. The van der Waals surface area contributed by atoms with Crippen LogP contribution in [0.5, 0.6) is 0 Å². The predicted molar refractivity (Wildman–Crippen MR) is 117 cm³/mol. The van der Waals surface area contributed by atoms with Gasteiger partial charge in [-0.25, -0.2) is 9.97 Å². The second-order valence-corrected chi connectivity index (χ2v) is 8.34. The molecule has 0 aromatic carbocycles. The Bertz CT molecular complexity index is 1280. The Kier molecular flexibility index (Phi) is 7.19. The normalized spacial score (nSPS) is 18.5. The predicted octanol–water partition coefficient (Wildman–Crippen LogP) is 2.95. The maximum atomic E-state index is 13.0. The number of hydrogen-bond donors (Lipinski definition) is 2. The molecule has 1 fully saturated rings. The maximum Gasteiger partial charge on any atom is 0.433 e. The number of fused-ring (bicyclic) bond motifs is 1. The van der Waals surface area contributed by atoms with Crippen molar-refractivity contribution in [2.45, 2.75) is 57.2 Å². The lowest BCUT2D eigenvalue weighted by molar-refractivity contribution is -0.170. The highest BCUT2D eigenvalue weighted by Crippen LogP contribution is 2.29. The summed E-state index contributed by atoms with van der Waals surface area (Å²) in [7, 11) is 1.49. The van der Waals surface area contributed by atoms with Crippen molar-refractivity contribution < 1.29 is 31.5 Å². The van der Waals surface area contributed by atoms with Gasteiger partial charge in [0.2, 0.25) is 5.91 Å². The minimum atomic E-state index is -4.57. The van der Waals surface area contributed by atoms with Crippen LogP contribution in [-0.2, 0) is 29.3 Å². The molecule has 36 heavy (non-hydrogen) atoms. The average molecular weight is 515 g/mol. The van der Waals surface area contributed by atoms with Gasteiger partial charge >= 0.3 is 12.8 Å². The molecule has 1 amide bonds. The SMILES string of the molecule is Cn1nc(Nc2ccc(C(F)(F)F)nc2)c2ncn(CC(=O)NC3CCC(OC(F)F)CC3)c(=O)c21. The molecule has 0 aliphatic heterocycles. The first-order valence-corrected chi connectivity index (χ1v) is 11.0. The van der Waals surface area contributed by atoms with Gasteiger partial charge in [-0.3, -0.25) is 18.8 Å². The number of halogens is 5. The Morgan fingerprint density at radius 2 is 1.92 bits per heavy atom. The number of aromatic nitrogens is 5. The van der Waals surface area contributed by atoms with Gasteiger partial charge in [-0.1, -0.05) is 0 Å². The number of anilines is 2. The van der Waals surface area contributed by atoms with Crippen LogP contribution in [0.25, 0.3) is 11.0 Å². The lowest BCUT2D eigenvalue weighted by atomic mass is 9.93. The summed E-state index contributed by atoms with van der Waals surface area (Å²) in [5, 5.41) is 9.76. The lowest BCUT2D eigenvalue weighted by Crippen LogP contribution is -2.42. The molecular weight excluding hydrogens is 493 g/mol. The molecule has 0 atom stereocenters. The lowest BCUT2D eigenvalue weighted by Gasteiger charge is -2.28. The molecule has 15 heteroatoms. The molecule has 0 radical (unpaired) electrons. The van der Waals surface area contributed by atoms with E-state index < -0.39 is 36.1 Å². The quantitative estimate of drug-likeness (QED) is 0.465. The Labute approximate surface area is 200 Å². The molecule has 3 aromatic rings. The van der Waals surface area contributed by atoms with Crippen LogP contribution in [-0.4, -0.2) is 49.0 Å². The number of nitrogens with one attached hydrogen (secondary N) is 2. The van der Waals surface area contributed by atoms with E-state index in [9.17, 15) is 31.5 Å². The second-order valence-electron chi connectivity index (χ2n) is 8.34. The van der Waals surface area contributed by atoms with Crippen LogP contribution in [0.1, 0.15) is 31.4 Å². The molecule has 0 saturated heterocycles. The third-order valence-corrected chi connectivity index (χ3v) is 5.78. The van der Waals surface area contributed by atoms with E-state index in [-0.39, 0.29) is 35.1 Å². The molecular formula is C21H22F5N7O3. The molecule has 1 aliphatic rings. The maximum absolute atomic E-state index is 13.0. The number of carbonyl (C=O) groups is 1. The number of pyridine rings is 1. The smallest absolute Gasteiger partial charge is 0.352 e. The first-order valence-electron chi connectivity index (χ1n) is 11.0. The number of ether oxygens (including phenoxy) is 1. The van der Waals surface area contributed by atoms with E-state index in [4.69, 9.17) is 0 Å². The van der Waals surface area contributed by atoms with Gasteiger partial charge in [0.05, 0.1) is 24.3 Å². The standard InChI is InChI=1S/C21H22F5N7O3/c1-32-17-16(18(31-32)30-12-4-7-14(27-8-12)21(24,25)26)28-10-33(19(17)35)9-15(34)29-11-2-5-13(6-3-11)36-20(22)23/h4,7-8,10-11,13,20H,2-3,5-6,9H2,1H3,(H,29,34)(H,30,31). The Morgan fingerprint density at radius 3 is 2.53 bits per heavy atom. The van der Waals surface area contributed by atoms with E-state index in [1.54, 1.807) is 0 Å². The van der Waals surface area contributed by atoms with Gasteiger partial charge in [0, 0.05) is 13.1 Å². The van der Waals surface area contributed by atoms with Gasteiger partial charge in [-0.2, -0.15) is 27.1 Å². The highest BCUT2D eigenvalue weighted by Gasteiger charge is 2.32. The van der Waals surface area contributed by atoms with Gasteiger partial charge < -0.3 is 15.4 Å². The van der Waals surface area contributed by atoms with E-state index in [1.165, 1.54) is 24.1 Å². The van der Waals surface area contributed by atoms with Crippen molar-refractivity contribution in [3.63, 3.8) is 0 Å². The van der Waals surface area contributed by atoms with Crippen molar-refractivity contribution in [2.75, 3.05) is 5.32 Å². The van der Waals surface area contributed by atoms with Crippen molar-refractivity contribution in [3.8, 4) is 0 Å².